The molecule has 0 saturated heterocycles. The largest absolute Gasteiger partial charge is 0.382 e. The molecule has 4 nitrogen and oxygen atoms in total. The first-order valence-corrected chi connectivity index (χ1v) is 6.42. The van der Waals surface area contributed by atoms with Crippen molar-refractivity contribution in [1.29, 1.82) is 0 Å². The molecule has 1 aromatic carbocycles. The van der Waals surface area contributed by atoms with Gasteiger partial charge in [-0.25, -0.2) is 4.39 Å². The van der Waals surface area contributed by atoms with Crippen LogP contribution in [-0.4, -0.2) is 33.0 Å². The van der Waals surface area contributed by atoms with E-state index in [1.54, 1.807) is 7.11 Å². The topological polar surface area (TPSA) is 56.5 Å². The first-order valence-electron chi connectivity index (χ1n) is 5.63. The lowest BCUT2D eigenvalue weighted by molar-refractivity contribution is 0.0587. The zero-order valence-electron chi connectivity index (χ0n) is 10.3. The van der Waals surface area contributed by atoms with Crippen LogP contribution in [0.25, 0.3) is 0 Å². The fraction of sp³-hybridized carbons (Fsp3) is 0.500. The van der Waals surface area contributed by atoms with Crippen LogP contribution in [0.15, 0.2) is 22.7 Å². The zero-order chi connectivity index (χ0) is 13.4. The molecule has 0 fully saturated rings. The third-order valence-electron chi connectivity index (χ3n) is 2.39. The molecule has 0 aromatic heterocycles. The number of hydrazine groups is 1. The number of ether oxygens (including phenoxy) is 2. The van der Waals surface area contributed by atoms with Crippen molar-refractivity contribution in [3.05, 3.63) is 34.1 Å². The Morgan fingerprint density at radius 3 is 2.78 bits per heavy atom. The summed E-state index contributed by atoms with van der Waals surface area (Å²) in [7, 11) is 1.62. The van der Waals surface area contributed by atoms with Crippen LogP contribution in [0.1, 0.15) is 5.56 Å². The highest BCUT2D eigenvalue weighted by atomic mass is 79.9. The van der Waals surface area contributed by atoms with Crippen LogP contribution < -0.4 is 11.3 Å². The number of hydrogen-bond donors (Lipinski definition) is 2. The number of hydrogen-bond acceptors (Lipinski definition) is 4. The molecule has 0 aliphatic rings. The molecule has 3 N–H and O–H groups in total. The molecule has 1 unspecified atom stereocenters. The van der Waals surface area contributed by atoms with Gasteiger partial charge in [-0.1, -0.05) is 15.9 Å². The average Bonchev–Trinajstić information content (AvgIpc) is 2.32. The summed E-state index contributed by atoms with van der Waals surface area (Å²) in [6.07, 6.45) is 0.597. The smallest absolute Gasteiger partial charge is 0.124 e. The van der Waals surface area contributed by atoms with Gasteiger partial charge in [0.2, 0.25) is 0 Å². The Labute approximate surface area is 115 Å². The molecular formula is C12H18BrFN2O2. The van der Waals surface area contributed by atoms with Crippen molar-refractivity contribution in [1.82, 2.24) is 5.43 Å². The fourth-order valence-corrected chi connectivity index (χ4v) is 2.06. The Balaban J connectivity index is 2.46. The number of rotatable bonds is 8. The summed E-state index contributed by atoms with van der Waals surface area (Å²) in [5, 5.41) is 0. The van der Waals surface area contributed by atoms with Crippen molar-refractivity contribution < 1.29 is 13.9 Å². The summed E-state index contributed by atoms with van der Waals surface area (Å²) in [6, 6.07) is 4.71. The van der Waals surface area contributed by atoms with Gasteiger partial charge in [-0.05, 0) is 30.2 Å². The molecule has 0 saturated carbocycles. The van der Waals surface area contributed by atoms with Gasteiger partial charge < -0.3 is 9.47 Å². The van der Waals surface area contributed by atoms with Gasteiger partial charge >= 0.3 is 0 Å². The van der Waals surface area contributed by atoms with Crippen molar-refractivity contribution >= 4 is 15.9 Å². The second-order valence-electron chi connectivity index (χ2n) is 3.91. The number of halogens is 2. The molecule has 1 atom stereocenters. The van der Waals surface area contributed by atoms with Gasteiger partial charge in [0, 0.05) is 17.6 Å². The molecule has 1 aromatic rings. The first-order chi connectivity index (χ1) is 8.65. The fourth-order valence-electron chi connectivity index (χ4n) is 1.55. The maximum absolute atomic E-state index is 13.2. The summed E-state index contributed by atoms with van der Waals surface area (Å²) in [6.45, 7) is 1.51. The van der Waals surface area contributed by atoms with E-state index in [4.69, 9.17) is 15.3 Å². The van der Waals surface area contributed by atoms with E-state index in [2.05, 4.69) is 21.4 Å². The standard InChI is InChI=1S/C12H18BrFN2O2/c1-17-2-3-18-8-12(16-15)6-9-4-10(13)7-11(14)5-9/h4-5,7,12,16H,2-3,6,8,15H2,1H3. The lowest BCUT2D eigenvalue weighted by Gasteiger charge is -2.16. The Kier molecular flexibility index (Phi) is 7.38. The third kappa shape index (κ3) is 5.88. The molecule has 0 heterocycles. The van der Waals surface area contributed by atoms with Crippen LogP contribution >= 0.6 is 15.9 Å². The summed E-state index contributed by atoms with van der Waals surface area (Å²) in [5.74, 6) is 5.18. The molecule has 0 amide bonds. The molecule has 1 rings (SSSR count). The van der Waals surface area contributed by atoms with Crippen LogP contribution in [0, 0.1) is 5.82 Å². The van der Waals surface area contributed by atoms with Gasteiger partial charge in [0.25, 0.3) is 0 Å². The van der Waals surface area contributed by atoms with Gasteiger partial charge in [0.1, 0.15) is 5.82 Å². The average molecular weight is 321 g/mol. The minimum absolute atomic E-state index is 0.0597. The van der Waals surface area contributed by atoms with Gasteiger partial charge in [-0.15, -0.1) is 0 Å². The van der Waals surface area contributed by atoms with Crippen LogP contribution in [0.3, 0.4) is 0 Å². The Hall–Kier alpha value is -0.530. The second kappa shape index (κ2) is 8.55. The molecule has 18 heavy (non-hydrogen) atoms. The Bertz CT molecular complexity index is 346. The van der Waals surface area contributed by atoms with Crippen LogP contribution in [0.2, 0.25) is 0 Å². The predicted octanol–water partition coefficient (Wildman–Crippen LogP) is 1.63. The van der Waals surface area contributed by atoms with E-state index >= 15 is 0 Å². The first kappa shape index (κ1) is 15.5. The molecular weight excluding hydrogens is 303 g/mol. The monoisotopic (exact) mass is 320 g/mol. The van der Waals surface area contributed by atoms with Crippen molar-refractivity contribution in [3.8, 4) is 0 Å². The number of nitrogens with one attached hydrogen (secondary N) is 1. The van der Waals surface area contributed by atoms with Crippen LogP contribution in [0.5, 0.6) is 0 Å². The lowest BCUT2D eigenvalue weighted by Crippen LogP contribution is -2.40. The molecule has 0 spiro atoms. The number of benzene rings is 1. The summed E-state index contributed by atoms with van der Waals surface area (Å²) >= 11 is 3.26. The quantitative estimate of drug-likeness (QED) is 0.434. The van der Waals surface area contributed by atoms with Gasteiger partial charge in [0.15, 0.2) is 0 Å². The van der Waals surface area contributed by atoms with E-state index in [-0.39, 0.29) is 11.9 Å². The normalized spacial score (nSPS) is 12.7. The van der Waals surface area contributed by atoms with E-state index in [1.807, 2.05) is 6.07 Å². The number of nitrogens with two attached hydrogens (primary N) is 1. The van der Waals surface area contributed by atoms with Gasteiger partial charge in [-0.3, -0.25) is 11.3 Å². The summed E-state index contributed by atoms with van der Waals surface area (Å²) in [5.41, 5.74) is 3.52. The third-order valence-corrected chi connectivity index (χ3v) is 2.85. The maximum atomic E-state index is 13.2. The summed E-state index contributed by atoms with van der Waals surface area (Å²) < 4.78 is 24.2. The molecule has 0 bridgehead atoms. The Morgan fingerprint density at radius 1 is 1.39 bits per heavy atom. The second-order valence-corrected chi connectivity index (χ2v) is 4.83. The minimum atomic E-state index is -0.268. The minimum Gasteiger partial charge on any atom is -0.382 e. The number of methoxy groups -OCH3 is 1. The predicted molar refractivity (Wildman–Crippen MR) is 71.6 cm³/mol. The summed E-state index contributed by atoms with van der Waals surface area (Å²) in [4.78, 5) is 0. The van der Waals surface area contributed by atoms with Crippen LogP contribution in [-0.2, 0) is 15.9 Å². The van der Waals surface area contributed by atoms with Crippen molar-refractivity contribution in [2.24, 2.45) is 5.84 Å². The van der Waals surface area contributed by atoms with E-state index in [1.165, 1.54) is 12.1 Å². The maximum Gasteiger partial charge on any atom is 0.124 e. The molecule has 0 aliphatic carbocycles. The SMILES string of the molecule is COCCOCC(Cc1cc(F)cc(Br)c1)NN. The van der Waals surface area contributed by atoms with Crippen molar-refractivity contribution in [3.63, 3.8) is 0 Å². The Morgan fingerprint density at radius 2 is 2.17 bits per heavy atom. The van der Waals surface area contributed by atoms with E-state index in [0.717, 1.165) is 5.56 Å². The van der Waals surface area contributed by atoms with E-state index in [9.17, 15) is 4.39 Å². The zero-order valence-corrected chi connectivity index (χ0v) is 11.9. The highest BCUT2D eigenvalue weighted by molar-refractivity contribution is 9.10. The molecule has 0 radical (unpaired) electrons. The highest BCUT2D eigenvalue weighted by Gasteiger charge is 2.09. The van der Waals surface area contributed by atoms with Crippen molar-refractivity contribution in [2.75, 3.05) is 26.9 Å². The van der Waals surface area contributed by atoms with Gasteiger partial charge in [0.05, 0.1) is 19.8 Å². The van der Waals surface area contributed by atoms with E-state index in [0.29, 0.717) is 30.7 Å². The van der Waals surface area contributed by atoms with E-state index < -0.39 is 0 Å². The van der Waals surface area contributed by atoms with Crippen LogP contribution in [0.4, 0.5) is 4.39 Å². The molecule has 6 heteroatoms. The molecule has 102 valence electrons. The lowest BCUT2D eigenvalue weighted by atomic mass is 10.1. The van der Waals surface area contributed by atoms with Crippen molar-refractivity contribution in [2.45, 2.75) is 12.5 Å². The highest BCUT2D eigenvalue weighted by Crippen LogP contribution is 2.16. The van der Waals surface area contributed by atoms with Gasteiger partial charge in [-0.2, -0.15) is 0 Å². The molecule has 0 aliphatic heterocycles.